The average Bonchev–Trinajstić information content (AvgIpc) is 3.32. The monoisotopic (exact) mass is 412 g/mol. The summed E-state index contributed by atoms with van der Waals surface area (Å²) in [6.45, 7) is 3.95. The molecule has 154 valence electrons. The van der Waals surface area contributed by atoms with Crippen LogP contribution in [0.4, 0.5) is 5.69 Å². The average molecular weight is 413 g/mol. The van der Waals surface area contributed by atoms with Gasteiger partial charge in [0.15, 0.2) is 0 Å². The fourth-order valence-electron chi connectivity index (χ4n) is 4.93. The van der Waals surface area contributed by atoms with E-state index in [0.717, 1.165) is 17.9 Å². The van der Waals surface area contributed by atoms with Gasteiger partial charge in [-0.05, 0) is 87.3 Å². The van der Waals surface area contributed by atoms with Crippen molar-refractivity contribution in [2.45, 2.75) is 50.5 Å². The number of benzene rings is 2. The second-order valence-corrected chi connectivity index (χ2v) is 10.3. The molecule has 0 aliphatic heterocycles. The van der Waals surface area contributed by atoms with Gasteiger partial charge >= 0.3 is 0 Å². The molecule has 2 fully saturated rings. The van der Waals surface area contributed by atoms with Crippen molar-refractivity contribution in [3.63, 3.8) is 0 Å². The van der Waals surface area contributed by atoms with Crippen LogP contribution in [-0.4, -0.2) is 20.4 Å². The number of hydrogen-bond donors (Lipinski definition) is 2. The molecule has 2 aromatic rings. The number of carbonyl (C=O) groups excluding carboxylic acids is 1. The van der Waals surface area contributed by atoms with Gasteiger partial charge in [-0.1, -0.05) is 24.1 Å². The number of fused-ring (bicyclic) bond motifs is 2. The quantitative estimate of drug-likeness (QED) is 0.741. The summed E-state index contributed by atoms with van der Waals surface area (Å²) in [6, 6.07) is 13.6. The van der Waals surface area contributed by atoms with Gasteiger partial charge in [-0.3, -0.25) is 4.79 Å². The molecule has 2 aliphatic rings. The molecule has 0 spiro atoms. The Hall–Kier alpha value is -2.18. The van der Waals surface area contributed by atoms with E-state index in [1.54, 1.807) is 36.4 Å². The van der Waals surface area contributed by atoms with Crippen LogP contribution in [0.15, 0.2) is 53.4 Å². The first kappa shape index (κ1) is 20.1. The lowest BCUT2D eigenvalue weighted by Crippen LogP contribution is -2.40. The summed E-state index contributed by atoms with van der Waals surface area (Å²) in [5.41, 5.74) is 2.22. The molecule has 1 amide bonds. The lowest BCUT2D eigenvalue weighted by molar-refractivity contribution is 0.102. The molecule has 0 heterocycles. The van der Waals surface area contributed by atoms with Gasteiger partial charge in [0.05, 0.1) is 4.90 Å². The molecule has 2 aromatic carbocycles. The zero-order chi connectivity index (χ0) is 20.6. The molecular weight excluding hydrogens is 384 g/mol. The number of hydrogen-bond acceptors (Lipinski definition) is 3. The molecule has 0 aromatic heterocycles. The summed E-state index contributed by atoms with van der Waals surface area (Å²) in [4.78, 5) is 12.5. The van der Waals surface area contributed by atoms with Crippen molar-refractivity contribution in [2.24, 2.45) is 17.8 Å². The van der Waals surface area contributed by atoms with Crippen LogP contribution >= 0.6 is 0 Å². The van der Waals surface area contributed by atoms with E-state index in [2.05, 4.69) is 10.0 Å². The Morgan fingerprint density at radius 1 is 1.00 bits per heavy atom. The molecule has 2 saturated carbocycles. The van der Waals surface area contributed by atoms with Crippen LogP contribution in [0, 0.1) is 24.7 Å². The molecule has 2 bridgehead atoms. The second-order valence-electron chi connectivity index (χ2n) is 8.59. The standard InChI is InChI=1S/C23H28N2O3S/c1-15-3-6-18(7-4-15)23(26)24-20-9-11-21(12-10-20)29(27,28)25-16(2)22-14-17-5-8-19(22)13-17/h3-4,6-7,9-12,16-17,19,22,25H,5,8,13-14H2,1-2H3,(H,24,26)/t16-,17+,19+,22+/m1/s1. The molecule has 4 atom stereocenters. The van der Waals surface area contributed by atoms with Crippen molar-refractivity contribution in [1.82, 2.24) is 4.72 Å². The van der Waals surface area contributed by atoms with Crippen molar-refractivity contribution < 1.29 is 13.2 Å². The van der Waals surface area contributed by atoms with Gasteiger partial charge in [-0.25, -0.2) is 13.1 Å². The highest BCUT2D eigenvalue weighted by Crippen LogP contribution is 2.49. The minimum absolute atomic E-state index is 0.0591. The fraction of sp³-hybridized carbons (Fsp3) is 0.435. The van der Waals surface area contributed by atoms with Crippen molar-refractivity contribution >= 4 is 21.6 Å². The highest BCUT2D eigenvalue weighted by molar-refractivity contribution is 7.89. The van der Waals surface area contributed by atoms with Crippen LogP contribution in [0.1, 0.15) is 48.5 Å². The number of carbonyl (C=O) groups is 1. The molecule has 4 rings (SSSR count). The maximum absolute atomic E-state index is 12.8. The molecule has 0 saturated heterocycles. The summed E-state index contributed by atoms with van der Waals surface area (Å²) < 4.78 is 28.5. The third-order valence-electron chi connectivity index (χ3n) is 6.51. The van der Waals surface area contributed by atoms with E-state index in [1.165, 1.54) is 19.3 Å². The Bertz CT molecular complexity index is 984. The summed E-state index contributed by atoms with van der Waals surface area (Å²) in [5, 5.41) is 2.81. The highest BCUT2D eigenvalue weighted by atomic mass is 32.2. The number of sulfonamides is 1. The number of anilines is 1. The van der Waals surface area contributed by atoms with Crippen molar-refractivity contribution in [1.29, 1.82) is 0 Å². The van der Waals surface area contributed by atoms with E-state index in [1.807, 2.05) is 26.0 Å². The van der Waals surface area contributed by atoms with Gasteiger partial charge in [-0.15, -0.1) is 0 Å². The molecule has 2 N–H and O–H groups in total. The van der Waals surface area contributed by atoms with Crippen LogP contribution in [0.3, 0.4) is 0 Å². The van der Waals surface area contributed by atoms with Gasteiger partial charge in [0.25, 0.3) is 5.91 Å². The summed E-state index contributed by atoms with van der Waals surface area (Å²) in [6.07, 6.45) is 4.93. The molecule has 29 heavy (non-hydrogen) atoms. The summed E-state index contributed by atoms with van der Waals surface area (Å²) in [7, 11) is -3.58. The third-order valence-corrected chi connectivity index (χ3v) is 8.09. The Balaban J connectivity index is 1.40. The lowest BCUT2D eigenvalue weighted by Gasteiger charge is -2.28. The van der Waals surface area contributed by atoms with Crippen LogP contribution in [-0.2, 0) is 10.0 Å². The van der Waals surface area contributed by atoms with Gasteiger partial charge in [0.1, 0.15) is 0 Å². The predicted molar refractivity (Wildman–Crippen MR) is 114 cm³/mol. The summed E-state index contributed by atoms with van der Waals surface area (Å²) >= 11 is 0. The molecular formula is C23H28N2O3S. The first-order valence-corrected chi connectivity index (χ1v) is 11.8. The second kappa shape index (κ2) is 7.92. The Morgan fingerprint density at radius 2 is 1.69 bits per heavy atom. The minimum atomic E-state index is -3.58. The maximum atomic E-state index is 12.8. The Labute approximate surface area is 173 Å². The highest BCUT2D eigenvalue weighted by Gasteiger charge is 2.42. The number of aryl methyl sites for hydroxylation is 1. The SMILES string of the molecule is Cc1ccc(C(=O)Nc2ccc(S(=O)(=O)N[C@H](C)[C@@H]3C[C@H]4CC[C@H]3C4)cc2)cc1. The van der Waals surface area contributed by atoms with Crippen LogP contribution in [0.2, 0.25) is 0 Å². The predicted octanol–water partition coefficient (Wildman–Crippen LogP) is 4.35. The van der Waals surface area contributed by atoms with Gasteiger partial charge < -0.3 is 5.32 Å². The molecule has 0 unspecified atom stereocenters. The molecule has 6 heteroatoms. The van der Waals surface area contributed by atoms with E-state index < -0.39 is 10.0 Å². The molecule has 5 nitrogen and oxygen atoms in total. The van der Waals surface area contributed by atoms with E-state index in [9.17, 15) is 13.2 Å². The lowest BCUT2D eigenvalue weighted by atomic mass is 9.84. The topological polar surface area (TPSA) is 75.3 Å². The number of rotatable bonds is 6. The van der Waals surface area contributed by atoms with Gasteiger partial charge in [0, 0.05) is 17.3 Å². The zero-order valence-corrected chi connectivity index (χ0v) is 17.7. The normalized spacial score (nSPS) is 24.4. The minimum Gasteiger partial charge on any atom is -0.322 e. The van der Waals surface area contributed by atoms with E-state index in [-0.39, 0.29) is 16.8 Å². The first-order chi connectivity index (χ1) is 13.8. The zero-order valence-electron chi connectivity index (χ0n) is 16.9. The summed E-state index contributed by atoms with van der Waals surface area (Å²) in [5.74, 6) is 1.67. The van der Waals surface area contributed by atoms with E-state index in [4.69, 9.17) is 0 Å². The van der Waals surface area contributed by atoms with Crippen molar-refractivity contribution in [3.05, 3.63) is 59.7 Å². The molecule has 0 radical (unpaired) electrons. The Morgan fingerprint density at radius 3 is 2.28 bits per heavy atom. The number of nitrogens with one attached hydrogen (secondary N) is 2. The Kier molecular flexibility index (Phi) is 5.49. The van der Waals surface area contributed by atoms with Crippen molar-refractivity contribution in [3.8, 4) is 0 Å². The van der Waals surface area contributed by atoms with Gasteiger partial charge in [0.2, 0.25) is 10.0 Å². The largest absolute Gasteiger partial charge is 0.322 e. The fourth-order valence-corrected chi connectivity index (χ4v) is 6.23. The third kappa shape index (κ3) is 4.38. The van der Waals surface area contributed by atoms with Crippen LogP contribution in [0.25, 0.3) is 0 Å². The van der Waals surface area contributed by atoms with E-state index >= 15 is 0 Å². The van der Waals surface area contributed by atoms with Crippen molar-refractivity contribution in [2.75, 3.05) is 5.32 Å². The smallest absolute Gasteiger partial charge is 0.255 e. The molecule has 2 aliphatic carbocycles. The van der Waals surface area contributed by atoms with Crippen LogP contribution in [0.5, 0.6) is 0 Å². The maximum Gasteiger partial charge on any atom is 0.255 e. The van der Waals surface area contributed by atoms with E-state index in [0.29, 0.717) is 23.1 Å². The van der Waals surface area contributed by atoms with Gasteiger partial charge in [-0.2, -0.15) is 0 Å². The number of amides is 1. The first-order valence-electron chi connectivity index (χ1n) is 10.3. The van der Waals surface area contributed by atoms with Crippen LogP contribution < -0.4 is 10.0 Å².